The van der Waals surface area contributed by atoms with E-state index in [0.29, 0.717) is 0 Å². The Morgan fingerprint density at radius 1 is 0.731 bits per heavy atom. The minimum Gasteiger partial charge on any atom is -0.508 e. The molecule has 0 saturated carbocycles. The molecule has 0 saturated heterocycles. The third kappa shape index (κ3) is 3.63. The SMILES string of the molecule is CC(C)(C(c1ccc(O)cc1)c1ccc(O)cc1)[P+](=O)c1ccccc1. The van der Waals surface area contributed by atoms with Crippen LogP contribution < -0.4 is 5.30 Å². The largest absolute Gasteiger partial charge is 0.508 e. The minimum atomic E-state index is -1.70. The first kappa shape index (κ1) is 18.2. The van der Waals surface area contributed by atoms with Gasteiger partial charge >= 0.3 is 7.80 Å². The lowest BCUT2D eigenvalue weighted by Crippen LogP contribution is -2.29. The molecule has 0 amide bonds. The summed E-state index contributed by atoms with van der Waals surface area (Å²) >= 11 is 0. The second kappa shape index (κ2) is 7.31. The molecule has 0 aliphatic rings. The van der Waals surface area contributed by atoms with Gasteiger partial charge in [0.2, 0.25) is 0 Å². The summed E-state index contributed by atoms with van der Waals surface area (Å²) in [5.74, 6) is 0.236. The number of aromatic hydroxyl groups is 2. The van der Waals surface area contributed by atoms with Gasteiger partial charge in [0, 0.05) is 0 Å². The molecule has 0 aliphatic carbocycles. The fourth-order valence-electron chi connectivity index (χ4n) is 3.36. The Hall–Kier alpha value is -2.64. The highest BCUT2D eigenvalue weighted by Crippen LogP contribution is 2.50. The van der Waals surface area contributed by atoms with Crippen LogP contribution >= 0.6 is 7.80 Å². The highest BCUT2D eigenvalue weighted by atomic mass is 31.1. The van der Waals surface area contributed by atoms with Gasteiger partial charge in [-0.1, -0.05) is 47.0 Å². The van der Waals surface area contributed by atoms with E-state index in [1.807, 2.05) is 68.4 Å². The van der Waals surface area contributed by atoms with Crippen LogP contribution in [0.2, 0.25) is 0 Å². The van der Waals surface area contributed by atoms with Gasteiger partial charge in [0.05, 0.1) is 5.92 Å². The monoisotopic (exact) mass is 365 g/mol. The molecule has 1 unspecified atom stereocenters. The Balaban J connectivity index is 2.11. The quantitative estimate of drug-likeness (QED) is 0.614. The molecule has 132 valence electrons. The lowest BCUT2D eigenvalue weighted by Gasteiger charge is -2.27. The van der Waals surface area contributed by atoms with Gasteiger partial charge in [-0.25, -0.2) is 0 Å². The predicted molar refractivity (Wildman–Crippen MR) is 106 cm³/mol. The summed E-state index contributed by atoms with van der Waals surface area (Å²) in [5, 5.41) is 19.5. The van der Waals surface area contributed by atoms with Gasteiger partial charge in [-0.15, -0.1) is 0 Å². The van der Waals surface area contributed by atoms with Gasteiger partial charge in [-0.3, -0.25) is 0 Å². The molecule has 0 aliphatic heterocycles. The summed E-state index contributed by atoms with van der Waals surface area (Å²) in [6.45, 7) is 4.01. The van der Waals surface area contributed by atoms with Crippen LogP contribution in [0.25, 0.3) is 0 Å². The number of hydrogen-bond donors (Lipinski definition) is 2. The van der Waals surface area contributed by atoms with Gasteiger partial charge < -0.3 is 10.2 Å². The van der Waals surface area contributed by atoms with Crippen molar-refractivity contribution in [2.75, 3.05) is 0 Å². The van der Waals surface area contributed by atoms with Crippen LogP contribution in [0.15, 0.2) is 78.9 Å². The molecule has 1 atom stereocenters. The van der Waals surface area contributed by atoms with Crippen LogP contribution in [-0.4, -0.2) is 15.4 Å². The number of phenolic OH excluding ortho intramolecular Hbond substituents is 2. The first-order valence-electron chi connectivity index (χ1n) is 8.50. The summed E-state index contributed by atoms with van der Waals surface area (Å²) in [6, 6.07) is 23.5. The molecule has 0 aromatic heterocycles. The number of hydrogen-bond acceptors (Lipinski definition) is 3. The standard InChI is InChI=1S/C22H21O3P/c1-22(2,26(25)20-6-4-3-5-7-20)21(16-8-12-18(23)13-9-16)17-10-14-19(24)15-11-17/h3-15,21H,1-2H3,(H-,23,24)/p+1. The summed E-state index contributed by atoms with van der Waals surface area (Å²) in [6.07, 6.45) is 0. The van der Waals surface area contributed by atoms with Crippen LogP contribution in [0.3, 0.4) is 0 Å². The van der Waals surface area contributed by atoms with Crippen molar-refractivity contribution >= 4 is 13.1 Å². The van der Waals surface area contributed by atoms with Crippen molar-refractivity contribution < 1.29 is 14.8 Å². The van der Waals surface area contributed by atoms with E-state index in [-0.39, 0.29) is 17.4 Å². The molecule has 2 N–H and O–H groups in total. The zero-order chi connectivity index (χ0) is 18.7. The van der Waals surface area contributed by atoms with Gasteiger partial charge in [0.1, 0.15) is 11.5 Å². The van der Waals surface area contributed by atoms with Crippen molar-refractivity contribution in [1.82, 2.24) is 0 Å². The van der Waals surface area contributed by atoms with Crippen molar-refractivity contribution in [3.63, 3.8) is 0 Å². The average Bonchev–Trinajstić information content (AvgIpc) is 2.65. The topological polar surface area (TPSA) is 57.5 Å². The molecule has 0 bridgehead atoms. The summed E-state index contributed by atoms with van der Waals surface area (Å²) in [5.41, 5.74) is 1.94. The normalized spacial score (nSPS) is 12.2. The second-order valence-electron chi connectivity index (χ2n) is 6.90. The molecule has 4 heteroatoms. The van der Waals surface area contributed by atoms with Gasteiger partial charge in [0.25, 0.3) is 0 Å². The zero-order valence-electron chi connectivity index (χ0n) is 14.8. The van der Waals surface area contributed by atoms with Crippen molar-refractivity contribution in [3.8, 4) is 11.5 Å². The lowest BCUT2D eigenvalue weighted by molar-refractivity contribution is 0.474. The molecule has 0 fully saturated rings. The molecule has 3 nitrogen and oxygen atoms in total. The van der Waals surface area contributed by atoms with Crippen molar-refractivity contribution in [1.29, 1.82) is 0 Å². The Labute approximate surface area is 154 Å². The molecule has 0 spiro atoms. The van der Waals surface area contributed by atoms with Crippen LogP contribution in [0.5, 0.6) is 11.5 Å². The second-order valence-corrected chi connectivity index (χ2v) is 9.16. The first-order valence-corrected chi connectivity index (χ1v) is 9.76. The van der Waals surface area contributed by atoms with E-state index >= 15 is 0 Å². The molecule has 0 radical (unpaired) electrons. The molecule has 3 aromatic carbocycles. The van der Waals surface area contributed by atoms with E-state index in [4.69, 9.17) is 0 Å². The number of phenols is 2. The number of benzene rings is 3. The van der Waals surface area contributed by atoms with E-state index in [1.165, 1.54) is 0 Å². The van der Waals surface area contributed by atoms with Gasteiger partial charge in [-0.05, 0) is 61.4 Å². The maximum Gasteiger partial charge on any atom is 0.383 e. The molecule has 3 rings (SSSR count). The van der Waals surface area contributed by atoms with E-state index in [2.05, 4.69) is 0 Å². The Morgan fingerprint density at radius 3 is 1.58 bits per heavy atom. The summed E-state index contributed by atoms with van der Waals surface area (Å²) in [7, 11) is -1.70. The third-order valence-electron chi connectivity index (χ3n) is 4.67. The number of rotatable bonds is 5. The van der Waals surface area contributed by atoms with Crippen LogP contribution in [-0.2, 0) is 4.57 Å². The molecule has 26 heavy (non-hydrogen) atoms. The Bertz CT molecular complexity index is 839. The fourth-order valence-corrected chi connectivity index (χ4v) is 5.00. The van der Waals surface area contributed by atoms with E-state index < -0.39 is 13.0 Å². The third-order valence-corrected chi connectivity index (χ3v) is 6.75. The van der Waals surface area contributed by atoms with E-state index in [1.54, 1.807) is 24.3 Å². The van der Waals surface area contributed by atoms with Crippen molar-refractivity contribution in [2.45, 2.75) is 24.9 Å². The van der Waals surface area contributed by atoms with Gasteiger partial charge in [-0.2, -0.15) is 0 Å². The minimum absolute atomic E-state index is 0.160. The highest BCUT2D eigenvalue weighted by Gasteiger charge is 2.49. The van der Waals surface area contributed by atoms with Crippen LogP contribution in [0, 0.1) is 0 Å². The highest BCUT2D eigenvalue weighted by molar-refractivity contribution is 7.55. The first-order chi connectivity index (χ1) is 12.4. The molecule has 3 aromatic rings. The zero-order valence-corrected chi connectivity index (χ0v) is 15.7. The van der Waals surface area contributed by atoms with Crippen molar-refractivity contribution in [3.05, 3.63) is 90.0 Å². The van der Waals surface area contributed by atoms with Crippen LogP contribution in [0.1, 0.15) is 30.9 Å². The summed E-state index contributed by atoms with van der Waals surface area (Å²) < 4.78 is 13.4. The average molecular weight is 365 g/mol. The van der Waals surface area contributed by atoms with Crippen molar-refractivity contribution in [2.24, 2.45) is 0 Å². The fraction of sp³-hybridized carbons (Fsp3) is 0.182. The molecular formula is C22H22O3P+. The van der Waals surface area contributed by atoms with Gasteiger partial charge in [0.15, 0.2) is 10.5 Å². The maximum atomic E-state index is 13.4. The lowest BCUT2D eigenvalue weighted by atomic mass is 9.82. The predicted octanol–water partition coefficient (Wildman–Crippen LogP) is 5.16. The van der Waals surface area contributed by atoms with E-state index in [0.717, 1.165) is 16.4 Å². The summed E-state index contributed by atoms with van der Waals surface area (Å²) in [4.78, 5) is 0. The molecule has 0 heterocycles. The Morgan fingerprint density at radius 2 is 1.15 bits per heavy atom. The van der Waals surface area contributed by atoms with Crippen LogP contribution in [0.4, 0.5) is 0 Å². The maximum absolute atomic E-state index is 13.4. The molecular weight excluding hydrogens is 343 g/mol. The smallest absolute Gasteiger partial charge is 0.383 e. The Kier molecular flexibility index (Phi) is 5.11. The van der Waals surface area contributed by atoms with E-state index in [9.17, 15) is 14.8 Å².